The Labute approximate surface area is 204 Å². The second kappa shape index (κ2) is 9.08. The molecular weight excluding hydrogens is 476 g/mol. The molecule has 0 aliphatic carbocycles. The number of amides is 1. The second-order valence-electron chi connectivity index (χ2n) is 8.10. The lowest BCUT2D eigenvalue weighted by atomic mass is 10.2. The summed E-state index contributed by atoms with van der Waals surface area (Å²) in [5.41, 5.74) is 2.27. The number of halogens is 1. The van der Waals surface area contributed by atoms with Crippen molar-refractivity contribution in [1.29, 1.82) is 0 Å². The number of aryl methyl sites for hydroxylation is 1. The lowest BCUT2D eigenvalue weighted by molar-refractivity contribution is 0.0479. The number of Topliss-reactive ketones (excluding diaryl/α,β-unsaturated/α-hetero) is 1. The zero-order valence-electron chi connectivity index (χ0n) is 18.3. The first-order valence-electron chi connectivity index (χ1n) is 10.8. The number of H-pyrrole nitrogens is 1. The van der Waals surface area contributed by atoms with E-state index in [1.807, 2.05) is 19.1 Å². The fourth-order valence-electron chi connectivity index (χ4n) is 3.96. The van der Waals surface area contributed by atoms with Crippen LogP contribution in [0.15, 0.2) is 42.6 Å². The van der Waals surface area contributed by atoms with Crippen LogP contribution in [-0.4, -0.2) is 57.0 Å². The molecular formula is C24H21ClN4O4S. The Kier molecular flexibility index (Phi) is 5.97. The molecule has 0 atom stereocenters. The maximum absolute atomic E-state index is 12.7. The Morgan fingerprint density at radius 2 is 1.88 bits per heavy atom. The van der Waals surface area contributed by atoms with E-state index in [1.165, 1.54) is 23.6 Å². The number of hydrogen-bond donors (Lipinski definition) is 1. The number of carbonyl (C=O) groups excluding carboxylic acids is 3. The van der Waals surface area contributed by atoms with E-state index in [0.717, 1.165) is 47.5 Å². The predicted octanol–water partition coefficient (Wildman–Crippen LogP) is 4.65. The molecule has 5 rings (SSSR count). The third-order valence-corrected chi connectivity index (χ3v) is 7.12. The molecule has 0 unspecified atom stereocenters. The molecule has 34 heavy (non-hydrogen) atoms. The molecule has 1 N–H and O–H groups in total. The van der Waals surface area contributed by atoms with Crippen LogP contribution in [0, 0.1) is 6.92 Å². The van der Waals surface area contributed by atoms with Crippen LogP contribution in [0.4, 0.5) is 0 Å². The largest absolute Gasteiger partial charge is 0.453 e. The van der Waals surface area contributed by atoms with Gasteiger partial charge in [0.25, 0.3) is 5.91 Å². The van der Waals surface area contributed by atoms with E-state index >= 15 is 0 Å². The molecule has 1 aliphatic heterocycles. The van der Waals surface area contributed by atoms with Crippen molar-refractivity contribution in [1.82, 2.24) is 19.7 Å². The van der Waals surface area contributed by atoms with Gasteiger partial charge in [-0.05, 0) is 56.2 Å². The average Bonchev–Trinajstić information content (AvgIpc) is 3.63. The van der Waals surface area contributed by atoms with Gasteiger partial charge in [-0.3, -0.25) is 9.59 Å². The molecule has 1 aromatic carbocycles. The standard InChI is InChI=1S/C24H21ClN4O4S/c1-14-18-11-21(34-23(18)29(27-14)17-6-4-16(25)5-7-17)24(32)33-13-20(30)15-10-19(26-12-15)22(31)28-8-2-3-9-28/h4-7,10-12,26H,2-3,8-9,13H2,1H3. The third-order valence-electron chi connectivity index (χ3n) is 5.78. The lowest BCUT2D eigenvalue weighted by Gasteiger charge is -2.13. The van der Waals surface area contributed by atoms with E-state index in [4.69, 9.17) is 16.3 Å². The van der Waals surface area contributed by atoms with Crippen molar-refractivity contribution >= 4 is 50.8 Å². The number of hydrogen-bond acceptors (Lipinski definition) is 6. The first kappa shape index (κ1) is 22.4. The molecule has 8 nitrogen and oxygen atoms in total. The van der Waals surface area contributed by atoms with E-state index < -0.39 is 12.6 Å². The molecule has 0 radical (unpaired) electrons. The van der Waals surface area contributed by atoms with Gasteiger partial charge in [0.05, 0.1) is 11.4 Å². The molecule has 3 aromatic heterocycles. The van der Waals surface area contributed by atoms with E-state index in [-0.39, 0.29) is 11.7 Å². The third kappa shape index (κ3) is 4.24. The number of aromatic nitrogens is 3. The van der Waals surface area contributed by atoms with Crippen molar-refractivity contribution in [3.63, 3.8) is 0 Å². The van der Waals surface area contributed by atoms with Crippen LogP contribution in [0.25, 0.3) is 15.9 Å². The van der Waals surface area contributed by atoms with Crippen LogP contribution in [0.3, 0.4) is 0 Å². The van der Waals surface area contributed by atoms with E-state index in [1.54, 1.807) is 27.8 Å². The van der Waals surface area contributed by atoms with Crippen molar-refractivity contribution < 1.29 is 19.1 Å². The molecule has 10 heteroatoms. The Morgan fingerprint density at radius 1 is 1.15 bits per heavy atom. The number of esters is 1. The minimum atomic E-state index is -0.583. The van der Waals surface area contributed by atoms with Gasteiger partial charge in [0, 0.05) is 35.3 Å². The van der Waals surface area contributed by atoms with Gasteiger partial charge in [-0.25, -0.2) is 9.48 Å². The first-order valence-corrected chi connectivity index (χ1v) is 12.0. The summed E-state index contributed by atoms with van der Waals surface area (Å²) in [6.07, 6.45) is 3.45. The minimum Gasteiger partial charge on any atom is -0.453 e. The number of ether oxygens (including phenoxy) is 1. The fraction of sp³-hybridized carbons (Fsp3) is 0.250. The van der Waals surface area contributed by atoms with Gasteiger partial charge in [0.15, 0.2) is 6.61 Å². The molecule has 0 saturated carbocycles. The normalized spacial score (nSPS) is 13.5. The average molecular weight is 497 g/mol. The number of thiophene rings is 1. The number of aromatic amines is 1. The zero-order chi connectivity index (χ0) is 23.8. The van der Waals surface area contributed by atoms with Gasteiger partial charge in [-0.1, -0.05) is 11.6 Å². The monoisotopic (exact) mass is 496 g/mol. The summed E-state index contributed by atoms with van der Waals surface area (Å²) in [4.78, 5) is 43.4. The van der Waals surface area contributed by atoms with Gasteiger partial charge in [-0.15, -0.1) is 11.3 Å². The van der Waals surface area contributed by atoms with Crippen LogP contribution in [-0.2, 0) is 4.74 Å². The summed E-state index contributed by atoms with van der Waals surface area (Å²) in [6, 6.07) is 10.5. The van der Waals surface area contributed by atoms with Gasteiger partial charge in [0.2, 0.25) is 5.78 Å². The number of nitrogens with one attached hydrogen (secondary N) is 1. The highest BCUT2D eigenvalue weighted by atomic mass is 35.5. The number of nitrogens with zero attached hydrogens (tertiary/aromatic N) is 3. The molecule has 1 fully saturated rings. The maximum Gasteiger partial charge on any atom is 0.348 e. The SMILES string of the molecule is Cc1nn(-c2ccc(Cl)cc2)c2sc(C(=O)OCC(=O)c3c[nH]c(C(=O)N4CCCC4)c3)cc12. The van der Waals surface area contributed by atoms with E-state index in [9.17, 15) is 14.4 Å². The number of carbonyl (C=O) groups is 3. The van der Waals surface area contributed by atoms with Crippen molar-refractivity contribution in [3.05, 3.63) is 69.4 Å². The number of rotatable bonds is 6. The number of likely N-dealkylation sites (tertiary alicyclic amines) is 1. The van der Waals surface area contributed by atoms with Crippen molar-refractivity contribution in [2.75, 3.05) is 19.7 Å². The molecule has 1 amide bonds. The Balaban J connectivity index is 1.27. The first-order chi connectivity index (χ1) is 16.4. The van der Waals surface area contributed by atoms with Crippen molar-refractivity contribution in [2.24, 2.45) is 0 Å². The van der Waals surface area contributed by atoms with Crippen LogP contribution in [0.1, 0.15) is 49.1 Å². The predicted molar refractivity (Wildman–Crippen MR) is 129 cm³/mol. The molecule has 1 saturated heterocycles. The number of fused-ring (bicyclic) bond motifs is 1. The molecule has 4 heterocycles. The Morgan fingerprint density at radius 3 is 2.62 bits per heavy atom. The molecule has 0 spiro atoms. The Hall–Kier alpha value is -3.43. The summed E-state index contributed by atoms with van der Waals surface area (Å²) in [5, 5.41) is 6.02. The molecule has 0 bridgehead atoms. The van der Waals surface area contributed by atoms with Crippen LogP contribution in [0.2, 0.25) is 5.02 Å². The smallest absolute Gasteiger partial charge is 0.348 e. The molecule has 1 aliphatic rings. The van der Waals surface area contributed by atoms with Crippen molar-refractivity contribution in [3.8, 4) is 5.69 Å². The van der Waals surface area contributed by atoms with E-state index in [2.05, 4.69) is 10.1 Å². The van der Waals surface area contributed by atoms with E-state index in [0.29, 0.717) is 21.2 Å². The quantitative estimate of drug-likeness (QED) is 0.309. The summed E-state index contributed by atoms with van der Waals surface area (Å²) in [5.74, 6) is -1.08. The van der Waals surface area contributed by atoms with Gasteiger partial charge in [-0.2, -0.15) is 5.10 Å². The lowest BCUT2D eigenvalue weighted by Crippen LogP contribution is -2.27. The maximum atomic E-state index is 12.7. The zero-order valence-corrected chi connectivity index (χ0v) is 19.9. The highest BCUT2D eigenvalue weighted by Crippen LogP contribution is 2.31. The Bertz CT molecular complexity index is 1400. The van der Waals surface area contributed by atoms with Crippen LogP contribution < -0.4 is 0 Å². The highest BCUT2D eigenvalue weighted by molar-refractivity contribution is 7.20. The summed E-state index contributed by atoms with van der Waals surface area (Å²) < 4.78 is 7.04. The number of benzene rings is 1. The summed E-state index contributed by atoms with van der Waals surface area (Å²) in [6.45, 7) is 2.91. The molecule has 4 aromatic rings. The van der Waals surface area contributed by atoms with Gasteiger partial charge >= 0.3 is 5.97 Å². The van der Waals surface area contributed by atoms with Crippen LogP contribution >= 0.6 is 22.9 Å². The van der Waals surface area contributed by atoms with Crippen molar-refractivity contribution in [2.45, 2.75) is 19.8 Å². The summed E-state index contributed by atoms with van der Waals surface area (Å²) >= 11 is 7.23. The van der Waals surface area contributed by atoms with Gasteiger partial charge < -0.3 is 14.6 Å². The highest BCUT2D eigenvalue weighted by Gasteiger charge is 2.23. The minimum absolute atomic E-state index is 0.121. The van der Waals surface area contributed by atoms with Crippen LogP contribution in [0.5, 0.6) is 0 Å². The fourth-order valence-corrected chi connectivity index (χ4v) is 5.16. The number of ketones is 1. The second-order valence-corrected chi connectivity index (χ2v) is 9.57. The van der Waals surface area contributed by atoms with Gasteiger partial charge in [0.1, 0.15) is 15.4 Å². The molecule has 174 valence electrons. The topological polar surface area (TPSA) is 97.3 Å². The summed E-state index contributed by atoms with van der Waals surface area (Å²) in [7, 11) is 0.